The van der Waals surface area contributed by atoms with E-state index in [1.54, 1.807) is 19.1 Å². The van der Waals surface area contributed by atoms with E-state index in [2.05, 4.69) is 0 Å². The van der Waals surface area contributed by atoms with Crippen LogP contribution in [0.1, 0.15) is 18.6 Å². The summed E-state index contributed by atoms with van der Waals surface area (Å²) in [6.07, 6.45) is -0.726. The first-order valence-electron chi connectivity index (χ1n) is 4.76. The number of aliphatic hydroxyl groups is 2. The Hall–Kier alpha value is -1.11. The SMILES string of the molecule is CC(O)c1ccc(SCCO)c([N+](=O)[O-])c1. The second-order valence-electron chi connectivity index (χ2n) is 3.23. The summed E-state index contributed by atoms with van der Waals surface area (Å²) in [5.74, 6) is 0.412. The molecule has 6 heteroatoms. The van der Waals surface area contributed by atoms with E-state index in [0.29, 0.717) is 16.2 Å². The Morgan fingerprint density at radius 3 is 2.75 bits per heavy atom. The number of benzene rings is 1. The van der Waals surface area contributed by atoms with Crippen molar-refractivity contribution in [1.29, 1.82) is 0 Å². The van der Waals surface area contributed by atoms with Crippen LogP contribution in [0, 0.1) is 10.1 Å². The van der Waals surface area contributed by atoms with Crippen molar-refractivity contribution >= 4 is 17.4 Å². The maximum atomic E-state index is 10.8. The molecule has 5 nitrogen and oxygen atoms in total. The van der Waals surface area contributed by atoms with Gasteiger partial charge >= 0.3 is 0 Å². The van der Waals surface area contributed by atoms with Crippen molar-refractivity contribution in [3.8, 4) is 0 Å². The van der Waals surface area contributed by atoms with E-state index in [1.807, 2.05) is 0 Å². The number of rotatable bonds is 5. The standard InChI is InChI=1S/C10H13NO4S/c1-7(13)8-2-3-10(16-5-4-12)9(6-8)11(14)15/h2-3,6-7,12-13H,4-5H2,1H3. The molecule has 88 valence electrons. The summed E-state index contributed by atoms with van der Waals surface area (Å²) in [4.78, 5) is 10.8. The molecule has 1 unspecified atom stereocenters. The molecule has 0 fully saturated rings. The molecule has 0 heterocycles. The maximum Gasteiger partial charge on any atom is 0.283 e. The summed E-state index contributed by atoms with van der Waals surface area (Å²) in [5.41, 5.74) is 0.483. The van der Waals surface area contributed by atoms with Gasteiger partial charge < -0.3 is 10.2 Å². The van der Waals surface area contributed by atoms with Gasteiger partial charge in [-0.25, -0.2) is 0 Å². The molecule has 0 aliphatic heterocycles. The van der Waals surface area contributed by atoms with Gasteiger partial charge in [0.15, 0.2) is 0 Å². The Bertz CT molecular complexity index is 381. The molecule has 0 spiro atoms. The number of hydrogen-bond donors (Lipinski definition) is 2. The van der Waals surface area contributed by atoms with Crippen molar-refractivity contribution in [2.24, 2.45) is 0 Å². The van der Waals surface area contributed by atoms with Crippen molar-refractivity contribution < 1.29 is 15.1 Å². The van der Waals surface area contributed by atoms with Crippen molar-refractivity contribution in [2.45, 2.75) is 17.9 Å². The van der Waals surface area contributed by atoms with E-state index in [-0.39, 0.29) is 12.3 Å². The predicted octanol–water partition coefficient (Wildman–Crippen LogP) is 1.73. The van der Waals surface area contributed by atoms with Crippen molar-refractivity contribution in [2.75, 3.05) is 12.4 Å². The normalized spacial score (nSPS) is 12.4. The third-order valence-electron chi connectivity index (χ3n) is 2.01. The molecule has 0 aliphatic rings. The van der Waals surface area contributed by atoms with Gasteiger partial charge in [-0.15, -0.1) is 11.8 Å². The highest BCUT2D eigenvalue weighted by Gasteiger charge is 2.16. The van der Waals surface area contributed by atoms with Crippen LogP contribution in [0.2, 0.25) is 0 Å². The van der Waals surface area contributed by atoms with Crippen molar-refractivity contribution in [1.82, 2.24) is 0 Å². The van der Waals surface area contributed by atoms with Gasteiger partial charge in [0.1, 0.15) is 0 Å². The fraction of sp³-hybridized carbons (Fsp3) is 0.400. The molecular weight excluding hydrogens is 230 g/mol. The molecule has 1 aromatic carbocycles. The van der Waals surface area contributed by atoms with Crippen LogP contribution in [0.25, 0.3) is 0 Å². The summed E-state index contributed by atoms with van der Waals surface area (Å²) >= 11 is 1.22. The van der Waals surface area contributed by atoms with Crippen LogP contribution >= 0.6 is 11.8 Å². The highest BCUT2D eigenvalue weighted by Crippen LogP contribution is 2.31. The molecule has 0 bridgehead atoms. The zero-order valence-corrected chi connectivity index (χ0v) is 9.61. The molecule has 1 aromatic rings. The zero-order valence-electron chi connectivity index (χ0n) is 8.79. The van der Waals surface area contributed by atoms with Gasteiger partial charge in [0.25, 0.3) is 5.69 Å². The molecule has 0 radical (unpaired) electrons. The third kappa shape index (κ3) is 3.19. The Labute approximate surface area is 97.3 Å². The lowest BCUT2D eigenvalue weighted by Gasteiger charge is -2.07. The first-order valence-corrected chi connectivity index (χ1v) is 5.75. The fourth-order valence-corrected chi connectivity index (χ4v) is 1.97. The topological polar surface area (TPSA) is 83.6 Å². The molecule has 1 rings (SSSR count). The van der Waals surface area contributed by atoms with Crippen LogP contribution in [-0.4, -0.2) is 27.5 Å². The van der Waals surface area contributed by atoms with E-state index in [4.69, 9.17) is 5.11 Å². The first kappa shape index (κ1) is 13.0. The number of thioether (sulfide) groups is 1. The average Bonchev–Trinajstić information content (AvgIpc) is 2.25. The van der Waals surface area contributed by atoms with Crippen molar-refractivity contribution in [3.05, 3.63) is 33.9 Å². The third-order valence-corrected chi connectivity index (χ3v) is 3.05. The second kappa shape index (κ2) is 5.83. The van der Waals surface area contributed by atoms with E-state index >= 15 is 0 Å². The monoisotopic (exact) mass is 243 g/mol. The van der Waals surface area contributed by atoms with Gasteiger partial charge in [-0.3, -0.25) is 10.1 Å². The minimum atomic E-state index is -0.726. The summed E-state index contributed by atoms with van der Waals surface area (Å²) < 4.78 is 0. The van der Waals surface area contributed by atoms with Crippen LogP contribution in [0.5, 0.6) is 0 Å². The highest BCUT2D eigenvalue weighted by molar-refractivity contribution is 7.99. The fourth-order valence-electron chi connectivity index (χ4n) is 1.21. The number of nitro benzene ring substituents is 1. The molecule has 0 aromatic heterocycles. The van der Waals surface area contributed by atoms with E-state index in [9.17, 15) is 15.2 Å². The maximum absolute atomic E-state index is 10.8. The van der Waals surface area contributed by atoms with Gasteiger partial charge in [-0.1, -0.05) is 6.07 Å². The lowest BCUT2D eigenvalue weighted by atomic mass is 10.1. The van der Waals surface area contributed by atoms with Crippen LogP contribution in [-0.2, 0) is 0 Å². The lowest BCUT2D eigenvalue weighted by Crippen LogP contribution is -1.97. The Kier molecular flexibility index (Phi) is 4.72. The van der Waals surface area contributed by atoms with Gasteiger partial charge in [0.2, 0.25) is 0 Å². The smallest absolute Gasteiger partial charge is 0.283 e. The number of nitro groups is 1. The molecule has 2 N–H and O–H groups in total. The minimum absolute atomic E-state index is 0.0278. The van der Waals surface area contributed by atoms with Gasteiger partial charge in [-0.05, 0) is 18.6 Å². The Balaban J connectivity index is 3.04. The summed E-state index contributed by atoms with van der Waals surface area (Å²) in [6.45, 7) is 1.53. The summed E-state index contributed by atoms with van der Waals surface area (Å²) in [7, 11) is 0. The molecule has 1 atom stereocenters. The molecule has 0 saturated heterocycles. The van der Waals surface area contributed by atoms with E-state index in [0.717, 1.165) is 0 Å². The second-order valence-corrected chi connectivity index (χ2v) is 4.37. The minimum Gasteiger partial charge on any atom is -0.396 e. The molecule has 0 aliphatic carbocycles. The summed E-state index contributed by atoms with van der Waals surface area (Å²) in [5, 5.41) is 28.8. The van der Waals surface area contributed by atoms with Gasteiger partial charge in [-0.2, -0.15) is 0 Å². The lowest BCUT2D eigenvalue weighted by molar-refractivity contribution is -0.387. The quantitative estimate of drug-likeness (QED) is 0.467. The molecular formula is C10H13NO4S. The Morgan fingerprint density at radius 1 is 1.56 bits per heavy atom. The van der Waals surface area contributed by atoms with Crippen LogP contribution < -0.4 is 0 Å². The average molecular weight is 243 g/mol. The van der Waals surface area contributed by atoms with Crippen LogP contribution in [0.15, 0.2) is 23.1 Å². The van der Waals surface area contributed by atoms with Crippen LogP contribution in [0.3, 0.4) is 0 Å². The number of hydrogen-bond acceptors (Lipinski definition) is 5. The van der Waals surface area contributed by atoms with Gasteiger partial charge in [0.05, 0.1) is 22.5 Å². The zero-order chi connectivity index (χ0) is 12.1. The summed E-state index contributed by atoms with van der Waals surface area (Å²) in [6, 6.07) is 4.61. The van der Waals surface area contributed by atoms with E-state index < -0.39 is 11.0 Å². The first-order chi connectivity index (χ1) is 7.56. The van der Waals surface area contributed by atoms with Crippen LogP contribution in [0.4, 0.5) is 5.69 Å². The molecule has 16 heavy (non-hydrogen) atoms. The van der Waals surface area contributed by atoms with Gasteiger partial charge in [0, 0.05) is 11.8 Å². The molecule has 0 saturated carbocycles. The van der Waals surface area contributed by atoms with E-state index in [1.165, 1.54) is 17.8 Å². The number of aliphatic hydroxyl groups excluding tert-OH is 2. The largest absolute Gasteiger partial charge is 0.396 e. The molecule has 0 amide bonds. The van der Waals surface area contributed by atoms with Crippen molar-refractivity contribution in [3.63, 3.8) is 0 Å². The number of nitrogens with zero attached hydrogens (tertiary/aromatic N) is 1. The predicted molar refractivity (Wildman–Crippen MR) is 61.5 cm³/mol. The highest BCUT2D eigenvalue weighted by atomic mass is 32.2. The Morgan fingerprint density at radius 2 is 2.25 bits per heavy atom.